The SMILES string of the molecule is COC(=O)Nc1ccc(C)c(Nc2cc(NC3CC3)c3ncc(C#N)n3n2)c1. The van der Waals surface area contributed by atoms with Crippen LogP contribution in [0.5, 0.6) is 0 Å². The quantitative estimate of drug-likeness (QED) is 0.624. The van der Waals surface area contributed by atoms with Gasteiger partial charge in [0, 0.05) is 23.5 Å². The van der Waals surface area contributed by atoms with E-state index in [4.69, 9.17) is 0 Å². The molecule has 1 aliphatic rings. The van der Waals surface area contributed by atoms with Crippen LogP contribution in [0.15, 0.2) is 30.5 Å². The molecule has 9 nitrogen and oxygen atoms in total. The average Bonchev–Trinajstić information content (AvgIpc) is 3.40. The van der Waals surface area contributed by atoms with Crippen molar-refractivity contribution in [2.45, 2.75) is 25.8 Å². The van der Waals surface area contributed by atoms with Crippen molar-refractivity contribution in [1.82, 2.24) is 14.6 Å². The Balaban J connectivity index is 1.70. The Morgan fingerprint density at radius 2 is 2.14 bits per heavy atom. The van der Waals surface area contributed by atoms with E-state index in [2.05, 4.69) is 36.8 Å². The molecule has 142 valence electrons. The van der Waals surface area contributed by atoms with E-state index in [0.29, 0.717) is 28.9 Å². The average molecular weight is 377 g/mol. The molecule has 0 unspecified atom stereocenters. The predicted octanol–water partition coefficient (Wildman–Crippen LogP) is 3.41. The molecule has 3 N–H and O–H groups in total. The van der Waals surface area contributed by atoms with Gasteiger partial charge in [0.15, 0.2) is 17.2 Å². The van der Waals surface area contributed by atoms with Crippen molar-refractivity contribution in [2.24, 2.45) is 0 Å². The van der Waals surface area contributed by atoms with Gasteiger partial charge in [-0.2, -0.15) is 9.78 Å². The lowest BCUT2D eigenvalue weighted by atomic mass is 10.2. The van der Waals surface area contributed by atoms with Gasteiger partial charge in [-0.1, -0.05) is 6.07 Å². The number of hydrogen-bond acceptors (Lipinski definition) is 7. The summed E-state index contributed by atoms with van der Waals surface area (Å²) in [5.41, 5.74) is 4.14. The number of fused-ring (bicyclic) bond motifs is 1. The summed E-state index contributed by atoms with van der Waals surface area (Å²) < 4.78 is 6.16. The van der Waals surface area contributed by atoms with Gasteiger partial charge in [-0.15, -0.1) is 5.10 Å². The molecule has 2 aromatic heterocycles. The summed E-state index contributed by atoms with van der Waals surface area (Å²) in [6.45, 7) is 1.95. The number of nitrogens with zero attached hydrogens (tertiary/aromatic N) is 4. The number of ether oxygens (including phenoxy) is 1. The minimum Gasteiger partial charge on any atom is -0.453 e. The van der Waals surface area contributed by atoms with Gasteiger partial charge in [0.25, 0.3) is 0 Å². The van der Waals surface area contributed by atoms with Gasteiger partial charge in [-0.3, -0.25) is 5.32 Å². The maximum absolute atomic E-state index is 11.5. The smallest absolute Gasteiger partial charge is 0.411 e. The number of carbonyl (C=O) groups excluding carboxylic acids is 1. The van der Waals surface area contributed by atoms with Gasteiger partial charge in [-0.25, -0.2) is 9.78 Å². The third-order valence-electron chi connectivity index (χ3n) is 4.45. The second kappa shape index (κ2) is 7.08. The number of benzene rings is 1. The molecule has 0 aliphatic heterocycles. The fraction of sp³-hybridized carbons (Fsp3) is 0.263. The summed E-state index contributed by atoms with van der Waals surface area (Å²) in [4.78, 5) is 15.8. The summed E-state index contributed by atoms with van der Waals surface area (Å²) in [5.74, 6) is 0.559. The Bertz CT molecular complexity index is 1100. The summed E-state index contributed by atoms with van der Waals surface area (Å²) in [7, 11) is 1.31. The van der Waals surface area contributed by atoms with Crippen LogP contribution in [0.4, 0.5) is 27.7 Å². The van der Waals surface area contributed by atoms with E-state index < -0.39 is 6.09 Å². The van der Waals surface area contributed by atoms with E-state index in [1.807, 2.05) is 19.1 Å². The third-order valence-corrected chi connectivity index (χ3v) is 4.45. The summed E-state index contributed by atoms with van der Waals surface area (Å²) in [6.07, 6.45) is 3.20. The highest BCUT2D eigenvalue weighted by atomic mass is 16.5. The molecule has 3 aromatic rings. The second-order valence-corrected chi connectivity index (χ2v) is 6.62. The molecule has 0 radical (unpaired) electrons. The molecule has 1 aromatic carbocycles. The Morgan fingerprint density at radius 1 is 1.32 bits per heavy atom. The number of anilines is 4. The van der Waals surface area contributed by atoms with Crippen LogP contribution in [0, 0.1) is 18.3 Å². The molecule has 0 saturated heterocycles. The molecule has 4 rings (SSSR count). The van der Waals surface area contributed by atoms with E-state index in [0.717, 1.165) is 29.8 Å². The van der Waals surface area contributed by atoms with Gasteiger partial charge >= 0.3 is 6.09 Å². The van der Waals surface area contributed by atoms with Crippen molar-refractivity contribution in [2.75, 3.05) is 23.1 Å². The lowest BCUT2D eigenvalue weighted by Gasteiger charge is -2.14. The number of nitriles is 1. The van der Waals surface area contributed by atoms with Gasteiger partial charge in [-0.05, 0) is 37.5 Å². The van der Waals surface area contributed by atoms with Gasteiger partial charge in [0.2, 0.25) is 0 Å². The number of amides is 1. The molecule has 1 aliphatic carbocycles. The zero-order valence-electron chi connectivity index (χ0n) is 15.5. The van der Waals surface area contributed by atoms with Gasteiger partial charge < -0.3 is 15.4 Å². The van der Waals surface area contributed by atoms with Crippen molar-refractivity contribution in [3.05, 3.63) is 41.7 Å². The van der Waals surface area contributed by atoms with Crippen LogP contribution in [0.25, 0.3) is 5.65 Å². The maximum Gasteiger partial charge on any atom is 0.411 e. The van der Waals surface area contributed by atoms with Crippen LogP contribution in [-0.2, 0) is 4.74 Å². The molecule has 28 heavy (non-hydrogen) atoms. The van der Waals surface area contributed by atoms with Gasteiger partial charge in [0.1, 0.15) is 6.07 Å². The molecule has 9 heteroatoms. The van der Waals surface area contributed by atoms with Crippen molar-refractivity contribution in [3.63, 3.8) is 0 Å². The first kappa shape index (κ1) is 17.6. The first-order valence-electron chi connectivity index (χ1n) is 8.85. The van der Waals surface area contributed by atoms with E-state index in [1.165, 1.54) is 17.8 Å². The Hall–Kier alpha value is -3.80. The molecule has 0 bridgehead atoms. The number of carbonyl (C=O) groups is 1. The number of aryl methyl sites for hydroxylation is 1. The molecule has 2 heterocycles. The van der Waals surface area contributed by atoms with E-state index in [-0.39, 0.29) is 0 Å². The standard InChI is InChI=1S/C19H19N7O2/c1-11-3-4-13(23-19(27)28-2)7-15(11)24-17-8-16(22-12-5-6-12)18-21-10-14(9-20)26(18)25-17/h3-4,7-8,10,12,22H,5-6H2,1-2H3,(H,23,27)(H,24,25). The minimum atomic E-state index is -0.539. The topological polar surface area (TPSA) is 116 Å². The van der Waals surface area contributed by atoms with Crippen molar-refractivity contribution < 1.29 is 9.53 Å². The molecule has 1 fully saturated rings. The zero-order valence-corrected chi connectivity index (χ0v) is 15.5. The molecule has 1 saturated carbocycles. The maximum atomic E-state index is 11.5. The number of rotatable bonds is 5. The summed E-state index contributed by atoms with van der Waals surface area (Å²) in [5, 5.41) is 23.2. The number of aromatic nitrogens is 3. The highest BCUT2D eigenvalue weighted by Crippen LogP contribution is 2.30. The van der Waals surface area contributed by atoms with Crippen molar-refractivity contribution >= 4 is 34.6 Å². The van der Waals surface area contributed by atoms with Crippen molar-refractivity contribution in [1.29, 1.82) is 5.26 Å². The number of imidazole rings is 1. The van der Waals surface area contributed by atoms with Crippen LogP contribution in [0.2, 0.25) is 0 Å². The normalized spacial score (nSPS) is 13.0. The lowest BCUT2D eigenvalue weighted by Crippen LogP contribution is -2.11. The lowest BCUT2D eigenvalue weighted by molar-refractivity contribution is 0.187. The fourth-order valence-electron chi connectivity index (χ4n) is 2.80. The summed E-state index contributed by atoms with van der Waals surface area (Å²) in [6, 6.07) is 9.88. The van der Waals surface area contributed by atoms with Crippen LogP contribution < -0.4 is 16.0 Å². The Morgan fingerprint density at radius 3 is 2.86 bits per heavy atom. The molecule has 1 amide bonds. The zero-order chi connectivity index (χ0) is 19.7. The van der Waals surface area contributed by atoms with E-state index in [1.54, 1.807) is 12.1 Å². The van der Waals surface area contributed by atoms with E-state index >= 15 is 0 Å². The third kappa shape index (κ3) is 3.53. The number of nitrogens with one attached hydrogen (secondary N) is 3. The van der Waals surface area contributed by atoms with Crippen LogP contribution in [-0.4, -0.2) is 33.8 Å². The van der Waals surface area contributed by atoms with Crippen LogP contribution in [0.3, 0.4) is 0 Å². The molecular weight excluding hydrogens is 358 g/mol. The molecule has 0 spiro atoms. The monoisotopic (exact) mass is 377 g/mol. The molecular formula is C19H19N7O2. The number of methoxy groups -OCH3 is 1. The highest BCUT2D eigenvalue weighted by Gasteiger charge is 2.23. The fourth-order valence-corrected chi connectivity index (χ4v) is 2.80. The largest absolute Gasteiger partial charge is 0.453 e. The molecule has 0 atom stereocenters. The van der Waals surface area contributed by atoms with Crippen molar-refractivity contribution in [3.8, 4) is 6.07 Å². The van der Waals surface area contributed by atoms with E-state index in [9.17, 15) is 10.1 Å². The minimum absolute atomic E-state index is 0.357. The van der Waals surface area contributed by atoms with Crippen LogP contribution in [0.1, 0.15) is 24.1 Å². The summed E-state index contributed by atoms with van der Waals surface area (Å²) >= 11 is 0. The van der Waals surface area contributed by atoms with Crippen LogP contribution >= 0.6 is 0 Å². The first-order valence-corrected chi connectivity index (χ1v) is 8.85. The predicted molar refractivity (Wildman–Crippen MR) is 105 cm³/mol. The Labute approximate surface area is 161 Å². The van der Waals surface area contributed by atoms with Gasteiger partial charge in [0.05, 0.1) is 19.0 Å². The first-order chi connectivity index (χ1) is 13.6. The Kier molecular flexibility index (Phi) is 4.45. The second-order valence-electron chi connectivity index (χ2n) is 6.62. The number of hydrogen-bond donors (Lipinski definition) is 3. The highest BCUT2D eigenvalue weighted by molar-refractivity contribution is 5.86.